The van der Waals surface area contributed by atoms with E-state index in [2.05, 4.69) is 0 Å². The Hall–Kier alpha value is -2.74. The van der Waals surface area contributed by atoms with Gasteiger partial charge in [0, 0.05) is 18.7 Å². The summed E-state index contributed by atoms with van der Waals surface area (Å²) in [6.45, 7) is 0.686. The Balaban J connectivity index is 2.07. The van der Waals surface area contributed by atoms with Crippen LogP contribution in [-0.4, -0.2) is 59.0 Å². The largest absolute Gasteiger partial charge is 0.370 e. The van der Waals surface area contributed by atoms with Crippen molar-refractivity contribution in [1.29, 1.82) is 5.41 Å². The van der Waals surface area contributed by atoms with Crippen LogP contribution in [0, 0.1) is 5.41 Å². The standard InChI is InChI=1S/C18H25N5O3/c19-14(12-24)8-4-11-23(18(20)21)17(26)15-9-5-10-22(15)16(25)13-6-2-1-3-7-13/h1-3,6-7,12,14-15H,4-5,8-11,19H2,(H3,20,21)/t14-,15-/m0/s1. The second-order valence-corrected chi connectivity index (χ2v) is 6.34. The highest BCUT2D eigenvalue weighted by atomic mass is 16.2. The minimum atomic E-state index is -0.633. The average molecular weight is 359 g/mol. The minimum absolute atomic E-state index is 0.194. The molecule has 0 aromatic heterocycles. The lowest BCUT2D eigenvalue weighted by Crippen LogP contribution is -2.52. The number of likely N-dealkylation sites (tertiary alicyclic amines) is 1. The highest BCUT2D eigenvalue weighted by molar-refractivity contribution is 6.02. The van der Waals surface area contributed by atoms with Crippen molar-refractivity contribution >= 4 is 24.1 Å². The SMILES string of the molecule is N=C(N)N(CCC[C@H](N)C=O)C(=O)[C@@H]1CCCN1C(=O)c1ccccc1. The zero-order valence-electron chi connectivity index (χ0n) is 14.6. The van der Waals surface area contributed by atoms with E-state index in [4.69, 9.17) is 16.9 Å². The van der Waals surface area contributed by atoms with Crippen LogP contribution in [0.2, 0.25) is 0 Å². The molecule has 0 radical (unpaired) electrons. The van der Waals surface area contributed by atoms with Crippen LogP contribution < -0.4 is 11.5 Å². The van der Waals surface area contributed by atoms with Gasteiger partial charge in [0.15, 0.2) is 5.96 Å². The molecule has 1 heterocycles. The van der Waals surface area contributed by atoms with Gasteiger partial charge in [0.1, 0.15) is 12.3 Å². The van der Waals surface area contributed by atoms with Crippen LogP contribution in [0.25, 0.3) is 0 Å². The van der Waals surface area contributed by atoms with E-state index in [0.29, 0.717) is 37.7 Å². The van der Waals surface area contributed by atoms with Crippen molar-refractivity contribution in [3.63, 3.8) is 0 Å². The first-order chi connectivity index (χ1) is 12.5. The number of carbonyl (C=O) groups excluding carboxylic acids is 3. The molecule has 2 atom stereocenters. The average Bonchev–Trinajstić information content (AvgIpc) is 3.14. The van der Waals surface area contributed by atoms with E-state index in [1.807, 2.05) is 6.07 Å². The monoisotopic (exact) mass is 359 g/mol. The number of aldehydes is 1. The zero-order chi connectivity index (χ0) is 19.1. The number of amides is 2. The summed E-state index contributed by atoms with van der Waals surface area (Å²) in [5.41, 5.74) is 11.6. The Labute approximate surface area is 152 Å². The van der Waals surface area contributed by atoms with Crippen LogP contribution in [0.15, 0.2) is 30.3 Å². The predicted octanol–water partition coefficient (Wildman–Crippen LogP) is 0.320. The molecule has 8 heteroatoms. The Morgan fingerprint density at radius 2 is 2.04 bits per heavy atom. The van der Waals surface area contributed by atoms with Crippen molar-refractivity contribution in [1.82, 2.24) is 9.80 Å². The molecule has 0 saturated carbocycles. The van der Waals surface area contributed by atoms with Crippen molar-refractivity contribution in [2.45, 2.75) is 37.8 Å². The molecule has 1 aromatic rings. The summed E-state index contributed by atoms with van der Waals surface area (Å²) in [6, 6.07) is 7.58. The van der Waals surface area contributed by atoms with Crippen LogP contribution in [0.4, 0.5) is 0 Å². The maximum absolute atomic E-state index is 12.9. The first kappa shape index (κ1) is 19.6. The van der Waals surface area contributed by atoms with Gasteiger partial charge in [-0.2, -0.15) is 0 Å². The molecular formula is C18H25N5O3. The first-order valence-electron chi connectivity index (χ1n) is 8.68. The molecule has 0 unspecified atom stereocenters. The second kappa shape index (κ2) is 9.10. The van der Waals surface area contributed by atoms with Gasteiger partial charge < -0.3 is 21.2 Å². The van der Waals surface area contributed by atoms with Crippen LogP contribution in [0.1, 0.15) is 36.0 Å². The Morgan fingerprint density at radius 1 is 1.35 bits per heavy atom. The van der Waals surface area contributed by atoms with E-state index in [-0.39, 0.29) is 24.3 Å². The van der Waals surface area contributed by atoms with Crippen molar-refractivity contribution in [2.75, 3.05) is 13.1 Å². The number of nitrogens with two attached hydrogens (primary N) is 2. The van der Waals surface area contributed by atoms with Crippen molar-refractivity contribution in [3.8, 4) is 0 Å². The molecule has 26 heavy (non-hydrogen) atoms. The van der Waals surface area contributed by atoms with Gasteiger partial charge in [-0.3, -0.25) is 19.9 Å². The fraction of sp³-hybridized carbons (Fsp3) is 0.444. The number of carbonyl (C=O) groups is 3. The molecule has 2 rings (SSSR count). The van der Waals surface area contributed by atoms with Crippen LogP contribution >= 0.6 is 0 Å². The molecule has 0 spiro atoms. The summed E-state index contributed by atoms with van der Waals surface area (Å²) in [7, 11) is 0. The number of hydrogen-bond acceptors (Lipinski definition) is 5. The third kappa shape index (κ3) is 4.66. The van der Waals surface area contributed by atoms with Crippen LogP contribution in [0.3, 0.4) is 0 Å². The predicted molar refractivity (Wildman–Crippen MR) is 97.4 cm³/mol. The lowest BCUT2D eigenvalue weighted by atomic mass is 10.1. The highest BCUT2D eigenvalue weighted by Crippen LogP contribution is 2.22. The lowest BCUT2D eigenvalue weighted by molar-refractivity contribution is -0.131. The Bertz CT molecular complexity index is 664. The lowest BCUT2D eigenvalue weighted by Gasteiger charge is -2.29. The number of nitrogens with zero attached hydrogens (tertiary/aromatic N) is 2. The second-order valence-electron chi connectivity index (χ2n) is 6.34. The number of benzene rings is 1. The molecule has 1 saturated heterocycles. The quantitative estimate of drug-likeness (QED) is 0.366. The van der Waals surface area contributed by atoms with E-state index < -0.39 is 12.1 Å². The number of nitrogens with one attached hydrogen (secondary N) is 1. The maximum Gasteiger partial charge on any atom is 0.254 e. The maximum atomic E-state index is 12.9. The molecule has 8 nitrogen and oxygen atoms in total. The summed E-state index contributed by atoms with van der Waals surface area (Å²) >= 11 is 0. The van der Waals surface area contributed by atoms with Crippen LogP contribution in [-0.2, 0) is 9.59 Å². The fourth-order valence-electron chi connectivity index (χ4n) is 3.10. The minimum Gasteiger partial charge on any atom is -0.370 e. The van der Waals surface area contributed by atoms with E-state index in [1.165, 1.54) is 4.90 Å². The molecule has 1 aromatic carbocycles. The molecule has 2 amide bonds. The van der Waals surface area contributed by atoms with Gasteiger partial charge in [-0.25, -0.2) is 0 Å². The van der Waals surface area contributed by atoms with Gasteiger partial charge in [-0.05, 0) is 37.8 Å². The van der Waals surface area contributed by atoms with Crippen molar-refractivity contribution in [3.05, 3.63) is 35.9 Å². The van der Waals surface area contributed by atoms with E-state index >= 15 is 0 Å². The molecule has 5 N–H and O–H groups in total. The molecular weight excluding hydrogens is 334 g/mol. The third-order valence-electron chi connectivity index (χ3n) is 4.47. The fourth-order valence-corrected chi connectivity index (χ4v) is 3.10. The number of hydrogen-bond donors (Lipinski definition) is 3. The molecule has 1 aliphatic rings. The van der Waals surface area contributed by atoms with Crippen LogP contribution in [0.5, 0.6) is 0 Å². The summed E-state index contributed by atoms with van der Waals surface area (Å²) in [4.78, 5) is 38.9. The number of rotatable bonds is 7. The molecule has 0 aliphatic carbocycles. The molecule has 1 aliphatic heterocycles. The molecule has 0 bridgehead atoms. The van der Waals surface area contributed by atoms with E-state index in [0.717, 1.165) is 6.42 Å². The van der Waals surface area contributed by atoms with Crippen molar-refractivity contribution in [2.24, 2.45) is 11.5 Å². The summed E-state index contributed by atoms with van der Waals surface area (Å²) in [6.07, 6.45) is 2.76. The van der Waals surface area contributed by atoms with E-state index in [1.54, 1.807) is 29.2 Å². The van der Waals surface area contributed by atoms with Gasteiger partial charge in [0.25, 0.3) is 11.8 Å². The summed E-state index contributed by atoms with van der Waals surface area (Å²) in [5.74, 6) is -0.930. The van der Waals surface area contributed by atoms with Gasteiger partial charge in [-0.15, -0.1) is 0 Å². The third-order valence-corrected chi connectivity index (χ3v) is 4.47. The Morgan fingerprint density at radius 3 is 2.65 bits per heavy atom. The zero-order valence-corrected chi connectivity index (χ0v) is 14.6. The topological polar surface area (TPSA) is 134 Å². The van der Waals surface area contributed by atoms with Crippen molar-refractivity contribution < 1.29 is 14.4 Å². The molecule has 140 valence electrons. The highest BCUT2D eigenvalue weighted by Gasteiger charge is 2.37. The van der Waals surface area contributed by atoms with Gasteiger partial charge in [0.05, 0.1) is 6.04 Å². The van der Waals surface area contributed by atoms with Gasteiger partial charge in [-0.1, -0.05) is 18.2 Å². The van der Waals surface area contributed by atoms with Gasteiger partial charge >= 0.3 is 0 Å². The number of guanidine groups is 1. The molecule has 1 fully saturated rings. The first-order valence-corrected chi connectivity index (χ1v) is 8.68. The Kier molecular flexibility index (Phi) is 6.85. The normalized spacial score (nSPS) is 17.6. The van der Waals surface area contributed by atoms with E-state index in [9.17, 15) is 14.4 Å². The summed E-state index contributed by atoms with van der Waals surface area (Å²) < 4.78 is 0. The summed E-state index contributed by atoms with van der Waals surface area (Å²) in [5, 5.41) is 7.69. The smallest absolute Gasteiger partial charge is 0.254 e. The van der Waals surface area contributed by atoms with Gasteiger partial charge in [0.2, 0.25) is 0 Å².